The number of aromatic nitrogens is 3. The van der Waals surface area contributed by atoms with Crippen LogP contribution in [0.5, 0.6) is 0 Å². The minimum absolute atomic E-state index is 0.412. The molecule has 1 aromatic carbocycles. The van der Waals surface area contributed by atoms with E-state index in [-0.39, 0.29) is 0 Å². The largest absolute Gasteiger partial charge is 0.441 e. The van der Waals surface area contributed by atoms with Crippen LogP contribution in [-0.4, -0.2) is 14.5 Å². The second-order valence-corrected chi connectivity index (χ2v) is 5.38. The first kappa shape index (κ1) is 13.7. The Balaban J connectivity index is 1.77. The maximum atomic E-state index is 5.62. The topological polar surface area (TPSA) is 55.9 Å². The minimum atomic E-state index is 0.412. The minimum Gasteiger partial charge on any atom is -0.441 e. The highest BCUT2D eigenvalue weighted by atomic mass is 16.3. The summed E-state index contributed by atoms with van der Waals surface area (Å²) in [7, 11) is 0. The zero-order valence-electron chi connectivity index (χ0n) is 12.6. The Morgan fingerprint density at radius 2 is 2.19 bits per heavy atom. The molecule has 0 aliphatic carbocycles. The summed E-state index contributed by atoms with van der Waals surface area (Å²) in [6.45, 7) is 7.08. The number of oxazole rings is 1. The number of benzene rings is 1. The average molecular weight is 284 g/mol. The molecular formula is C16H20N4O. The van der Waals surface area contributed by atoms with Crippen molar-refractivity contribution in [1.29, 1.82) is 0 Å². The molecule has 0 bridgehead atoms. The number of hydrogen-bond acceptors (Lipinski definition) is 4. The van der Waals surface area contributed by atoms with Crippen LogP contribution in [0.3, 0.4) is 0 Å². The molecule has 0 amide bonds. The Labute approximate surface area is 124 Å². The summed E-state index contributed by atoms with van der Waals surface area (Å²) in [6.07, 6.45) is 4.58. The van der Waals surface area contributed by atoms with Crippen molar-refractivity contribution in [2.75, 3.05) is 5.32 Å². The van der Waals surface area contributed by atoms with E-state index in [0.717, 1.165) is 35.6 Å². The van der Waals surface area contributed by atoms with Gasteiger partial charge in [0, 0.05) is 24.3 Å². The summed E-state index contributed by atoms with van der Waals surface area (Å²) in [5.41, 5.74) is 3.94. The van der Waals surface area contributed by atoms with E-state index in [1.165, 1.54) is 5.69 Å². The summed E-state index contributed by atoms with van der Waals surface area (Å²) >= 11 is 0. The molecular weight excluding hydrogens is 264 g/mol. The van der Waals surface area contributed by atoms with Crippen LogP contribution in [0.4, 0.5) is 5.69 Å². The summed E-state index contributed by atoms with van der Waals surface area (Å²) in [5.74, 6) is 0.778. The monoisotopic (exact) mass is 284 g/mol. The zero-order valence-corrected chi connectivity index (χ0v) is 12.6. The zero-order chi connectivity index (χ0) is 14.8. The first-order chi connectivity index (χ1) is 10.2. The highest BCUT2D eigenvalue weighted by Crippen LogP contribution is 2.21. The van der Waals surface area contributed by atoms with Gasteiger partial charge in [-0.2, -0.15) is 0 Å². The Kier molecular flexibility index (Phi) is 3.64. The van der Waals surface area contributed by atoms with Gasteiger partial charge in [-0.3, -0.25) is 0 Å². The van der Waals surface area contributed by atoms with Crippen molar-refractivity contribution in [1.82, 2.24) is 14.5 Å². The molecule has 110 valence electrons. The Morgan fingerprint density at radius 3 is 2.95 bits per heavy atom. The van der Waals surface area contributed by atoms with Gasteiger partial charge in [0.05, 0.1) is 18.6 Å². The van der Waals surface area contributed by atoms with Crippen LogP contribution in [-0.2, 0) is 13.0 Å². The average Bonchev–Trinajstić information content (AvgIpc) is 3.10. The van der Waals surface area contributed by atoms with Gasteiger partial charge in [-0.1, -0.05) is 6.92 Å². The van der Waals surface area contributed by atoms with Crippen molar-refractivity contribution < 1.29 is 4.42 Å². The lowest BCUT2D eigenvalue weighted by Crippen LogP contribution is -2.08. The molecule has 0 aliphatic heterocycles. The fraction of sp³-hybridized carbons (Fsp3) is 0.375. The van der Waals surface area contributed by atoms with E-state index in [4.69, 9.17) is 4.42 Å². The van der Waals surface area contributed by atoms with E-state index in [1.54, 1.807) is 0 Å². The first-order valence-corrected chi connectivity index (χ1v) is 7.31. The van der Waals surface area contributed by atoms with Gasteiger partial charge in [0.25, 0.3) is 0 Å². The molecule has 2 heterocycles. The van der Waals surface area contributed by atoms with Gasteiger partial charge >= 0.3 is 0 Å². The van der Waals surface area contributed by atoms with E-state index < -0.39 is 0 Å². The Bertz CT molecular complexity index is 742. The van der Waals surface area contributed by atoms with E-state index in [9.17, 15) is 0 Å². The molecule has 0 unspecified atom stereocenters. The third-order valence-corrected chi connectivity index (χ3v) is 3.51. The highest BCUT2D eigenvalue weighted by Gasteiger charge is 2.07. The molecule has 0 aliphatic rings. The van der Waals surface area contributed by atoms with Crippen LogP contribution in [0.15, 0.2) is 35.1 Å². The lowest BCUT2D eigenvalue weighted by molar-refractivity contribution is 0.538. The first-order valence-electron chi connectivity index (χ1n) is 7.31. The normalized spacial score (nSPS) is 11.4. The van der Waals surface area contributed by atoms with Gasteiger partial charge in [0.15, 0.2) is 11.5 Å². The number of aryl methyl sites for hydroxylation is 1. The molecule has 1 N–H and O–H groups in total. The number of fused-ring (bicyclic) bond motifs is 1. The number of anilines is 1. The molecule has 0 saturated heterocycles. The second kappa shape index (κ2) is 5.60. The number of imidazole rings is 1. The van der Waals surface area contributed by atoms with Gasteiger partial charge in [-0.25, -0.2) is 9.97 Å². The lowest BCUT2D eigenvalue weighted by Gasteiger charge is -2.12. The maximum Gasteiger partial charge on any atom is 0.195 e. The quantitative estimate of drug-likeness (QED) is 0.774. The molecule has 3 rings (SSSR count). The molecule has 5 heteroatoms. The molecule has 0 atom stereocenters. The van der Waals surface area contributed by atoms with E-state index >= 15 is 0 Å². The smallest absolute Gasteiger partial charge is 0.195 e. The van der Waals surface area contributed by atoms with Crippen LogP contribution in [0, 0.1) is 0 Å². The molecule has 0 radical (unpaired) electrons. The summed E-state index contributed by atoms with van der Waals surface area (Å²) < 4.78 is 7.78. The molecule has 0 fully saturated rings. The van der Waals surface area contributed by atoms with Crippen molar-refractivity contribution >= 4 is 16.8 Å². The number of rotatable bonds is 5. The van der Waals surface area contributed by atoms with E-state index in [1.807, 2.05) is 37.6 Å². The van der Waals surface area contributed by atoms with Crippen LogP contribution < -0.4 is 5.32 Å². The summed E-state index contributed by atoms with van der Waals surface area (Å²) in [4.78, 5) is 8.67. The van der Waals surface area contributed by atoms with Crippen molar-refractivity contribution in [3.05, 3.63) is 42.3 Å². The third-order valence-electron chi connectivity index (χ3n) is 3.51. The fourth-order valence-electron chi connectivity index (χ4n) is 2.36. The standard InChI is InChI=1S/C16H20N4O/c1-4-16-19-14-7-12(5-6-15(14)21-16)18-9-13-8-17-10-20(13)11(2)3/h5-8,10-11,18H,4,9H2,1-3H3. The van der Waals surface area contributed by atoms with Gasteiger partial charge in [-0.15, -0.1) is 0 Å². The van der Waals surface area contributed by atoms with Gasteiger partial charge < -0.3 is 14.3 Å². The SMILES string of the molecule is CCc1nc2cc(NCc3cncn3C(C)C)ccc2o1. The summed E-state index contributed by atoms with van der Waals surface area (Å²) in [5, 5.41) is 3.42. The van der Waals surface area contributed by atoms with Gasteiger partial charge in [0.2, 0.25) is 0 Å². The van der Waals surface area contributed by atoms with Crippen molar-refractivity contribution in [3.63, 3.8) is 0 Å². The summed E-state index contributed by atoms with van der Waals surface area (Å²) in [6, 6.07) is 6.41. The number of hydrogen-bond donors (Lipinski definition) is 1. The van der Waals surface area contributed by atoms with Crippen LogP contribution >= 0.6 is 0 Å². The maximum absolute atomic E-state index is 5.62. The van der Waals surface area contributed by atoms with Crippen molar-refractivity contribution in [3.8, 4) is 0 Å². The fourth-order valence-corrected chi connectivity index (χ4v) is 2.36. The molecule has 2 aromatic heterocycles. The molecule has 3 aromatic rings. The predicted molar refractivity (Wildman–Crippen MR) is 83.3 cm³/mol. The number of nitrogens with zero attached hydrogens (tertiary/aromatic N) is 3. The molecule has 21 heavy (non-hydrogen) atoms. The highest BCUT2D eigenvalue weighted by molar-refractivity contribution is 5.77. The van der Waals surface area contributed by atoms with Crippen LogP contribution in [0.2, 0.25) is 0 Å². The third kappa shape index (κ3) is 2.77. The van der Waals surface area contributed by atoms with Gasteiger partial charge in [0.1, 0.15) is 5.52 Å². The predicted octanol–water partition coefficient (Wildman–Crippen LogP) is 3.78. The van der Waals surface area contributed by atoms with E-state index in [0.29, 0.717) is 6.04 Å². The van der Waals surface area contributed by atoms with E-state index in [2.05, 4.69) is 33.7 Å². The number of nitrogens with one attached hydrogen (secondary N) is 1. The Hall–Kier alpha value is -2.30. The molecule has 5 nitrogen and oxygen atoms in total. The second-order valence-electron chi connectivity index (χ2n) is 5.38. The van der Waals surface area contributed by atoms with Gasteiger partial charge in [-0.05, 0) is 32.0 Å². The lowest BCUT2D eigenvalue weighted by atomic mass is 10.2. The van der Waals surface area contributed by atoms with Crippen LogP contribution in [0.1, 0.15) is 38.4 Å². The molecule has 0 spiro atoms. The van der Waals surface area contributed by atoms with Crippen molar-refractivity contribution in [2.45, 2.75) is 39.8 Å². The Morgan fingerprint density at radius 1 is 1.33 bits per heavy atom. The van der Waals surface area contributed by atoms with Crippen LogP contribution in [0.25, 0.3) is 11.1 Å². The van der Waals surface area contributed by atoms with Crippen molar-refractivity contribution in [2.24, 2.45) is 0 Å². The molecule has 0 saturated carbocycles.